The number of hydrogen-bond acceptors (Lipinski definition) is 6. The third-order valence-electron chi connectivity index (χ3n) is 4.85. The maximum Gasteiger partial charge on any atom is 0.416 e. The van der Waals surface area contributed by atoms with Crippen molar-refractivity contribution in [2.45, 2.75) is 6.18 Å². The second-order valence-electron chi connectivity index (χ2n) is 6.79. The summed E-state index contributed by atoms with van der Waals surface area (Å²) in [7, 11) is 3.20. The number of alkyl halides is 3. The van der Waals surface area contributed by atoms with Gasteiger partial charge in [0.05, 0.1) is 33.7 Å². The molecule has 0 amide bonds. The van der Waals surface area contributed by atoms with E-state index in [0.29, 0.717) is 11.3 Å². The second kappa shape index (κ2) is 9.66. The summed E-state index contributed by atoms with van der Waals surface area (Å²) in [6.45, 7) is 0. The third-order valence-corrected chi connectivity index (χ3v) is 7.57. The highest BCUT2D eigenvalue weighted by Gasteiger charge is 2.30. The van der Waals surface area contributed by atoms with Crippen molar-refractivity contribution in [1.82, 2.24) is 8.75 Å². The first-order chi connectivity index (χ1) is 15.8. The standard InChI is InChI=1S/C15H10F3NOS.C8H6BrNOS/c1-20-12-7-4-10-8-19-21-14(10)13(12)9-2-5-11(6-3-9)15(16,17)18;1-11-6-3-2-5-4-10-12-8(5)7(6)9/h2-8H,1H3;2-4H,1H3. The van der Waals surface area contributed by atoms with Crippen LogP contribution >= 0.6 is 39.0 Å². The molecule has 0 aliphatic rings. The lowest BCUT2D eigenvalue weighted by Crippen LogP contribution is -2.04. The molecule has 5 aromatic rings. The molecule has 170 valence electrons. The van der Waals surface area contributed by atoms with Crippen LogP contribution in [0.15, 0.2) is 65.4 Å². The van der Waals surface area contributed by atoms with Crippen molar-refractivity contribution < 1.29 is 22.6 Å². The number of benzene rings is 3. The van der Waals surface area contributed by atoms with Gasteiger partial charge in [-0.15, -0.1) is 0 Å². The summed E-state index contributed by atoms with van der Waals surface area (Å²) in [6.07, 6.45) is -0.754. The highest BCUT2D eigenvalue weighted by Crippen LogP contribution is 2.40. The Hall–Kier alpha value is -2.69. The van der Waals surface area contributed by atoms with E-state index in [9.17, 15) is 13.2 Å². The Morgan fingerprint density at radius 3 is 1.88 bits per heavy atom. The Morgan fingerprint density at radius 2 is 1.30 bits per heavy atom. The van der Waals surface area contributed by atoms with Gasteiger partial charge in [-0.3, -0.25) is 0 Å². The quantitative estimate of drug-likeness (QED) is 0.227. The van der Waals surface area contributed by atoms with E-state index in [0.717, 1.165) is 48.1 Å². The predicted molar refractivity (Wildman–Crippen MR) is 130 cm³/mol. The van der Waals surface area contributed by atoms with Crippen LogP contribution in [0.25, 0.3) is 31.3 Å². The van der Waals surface area contributed by atoms with Gasteiger partial charge in [-0.25, -0.2) is 0 Å². The first-order valence-corrected chi connectivity index (χ1v) is 11.8. The van der Waals surface area contributed by atoms with Crippen LogP contribution in [0.2, 0.25) is 0 Å². The highest BCUT2D eigenvalue weighted by molar-refractivity contribution is 9.10. The molecule has 2 heterocycles. The largest absolute Gasteiger partial charge is 0.496 e. The molecular formula is C23H16BrF3N2O2S2. The van der Waals surface area contributed by atoms with Gasteiger partial charge in [-0.05, 0) is 81.0 Å². The number of ether oxygens (including phenoxy) is 2. The summed E-state index contributed by atoms with van der Waals surface area (Å²) in [5, 5.41) is 2.09. The molecule has 0 unspecified atom stereocenters. The van der Waals surface area contributed by atoms with Crippen molar-refractivity contribution in [1.29, 1.82) is 0 Å². The van der Waals surface area contributed by atoms with Crippen molar-refractivity contribution in [3.8, 4) is 22.6 Å². The summed E-state index contributed by atoms with van der Waals surface area (Å²) in [4.78, 5) is 0. The van der Waals surface area contributed by atoms with Gasteiger partial charge in [0.25, 0.3) is 0 Å². The number of fused-ring (bicyclic) bond motifs is 2. The molecule has 0 spiro atoms. The van der Waals surface area contributed by atoms with E-state index in [2.05, 4.69) is 24.7 Å². The van der Waals surface area contributed by atoms with Gasteiger partial charge in [-0.2, -0.15) is 21.9 Å². The monoisotopic (exact) mass is 552 g/mol. The van der Waals surface area contributed by atoms with Crippen molar-refractivity contribution in [3.05, 3.63) is 71.0 Å². The molecule has 4 nitrogen and oxygen atoms in total. The van der Waals surface area contributed by atoms with E-state index < -0.39 is 11.7 Å². The minimum atomic E-state index is -4.33. The molecule has 0 atom stereocenters. The van der Waals surface area contributed by atoms with Crippen molar-refractivity contribution in [2.24, 2.45) is 0 Å². The van der Waals surface area contributed by atoms with E-state index in [1.54, 1.807) is 19.4 Å². The van der Waals surface area contributed by atoms with Gasteiger partial charge >= 0.3 is 6.18 Å². The second-order valence-corrected chi connectivity index (χ2v) is 9.18. The molecule has 0 aliphatic heterocycles. The van der Waals surface area contributed by atoms with Gasteiger partial charge in [0.1, 0.15) is 11.5 Å². The molecule has 0 fully saturated rings. The molecule has 5 rings (SSSR count). The average Bonchev–Trinajstić information content (AvgIpc) is 3.48. The Morgan fingerprint density at radius 1 is 0.758 bits per heavy atom. The predicted octanol–water partition coefficient (Wildman–Crippen LogP) is 8.06. The minimum absolute atomic E-state index is 0.617. The smallest absolute Gasteiger partial charge is 0.416 e. The zero-order valence-corrected chi connectivity index (χ0v) is 20.5. The molecule has 0 saturated heterocycles. The SMILES string of the molecule is COc1ccc2cnsc2c1-c1ccc(C(F)(F)F)cc1.COc1ccc2cnsc2c1Br. The Balaban J connectivity index is 0.000000183. The Labute approximate surface area is 204 Å². The van der Waals surface area contributed by atoms with Crippen LogP contribution in [-0.4, -0.2) is 23.0 Å². The maximum atomic E-state index is 12.6. The molecule has 2 aromatic heterocycles. The van der Waals surface area contributed by atoms with Crippen LogP contribution in [0.4, 0.5) is 13.2 Å². The minimum Gasteiger partial charge on any atom is -0.496 e. The molecule has 0 N–H and O–H groups in total. The molecule has 3 aromatic carbocycles. The molecule has 0 bridgehead atoms. The lowest BCUT2D eigenvalue weighted by atomic mass is 10.0. The summed E-state index contributed by atoms with van der Waals surface area (Å²) < 4.78 is 59.6. The molecule has 0 saturated carbocycles. The van der Waals surface area contributed by atoms with E-state index >= 15 is 0 Å². The third kappa shape index (κ3) is 4.83. The van der Waals surface area contributed by atoms with Gasteiger partial charge in [-0.1, -0.05) is 12.1 Å². The first-order valence-electron chi connectivity index (χ1n) is 9.49. The lowest BCUT2D eigenvalue weighted by molar-refractivity contribution is -0.137. The Bertz CT molecular complexity index is 1400. The highest BCUT2D eigenvalue weighted by atomic mass is 79.9. The number of aromatic nitrogens is 2. The summed E-state index contributed by atoms with van der Waals surface area (Å²) >= 11 is 6.23. The number of hydrogen-bond donors (Lipinski definition) is 0. The zero-order valence-electron chi connectivity index (χ0n) is 17.3. The fraction of sp³-hybridized carbons (Fsp3) is 0.130. The summed E-state index contributed by atoms with van der Waals surface area (Å²) in [5.74, 6) is 1.47. The van der Waals surface area contributed by atoms with E-state index in [1.165, 1.54) is 42.3 Å². The van der Waals surface area contributed by atoms with Gasteiger partial charge in [0.15, 0.2) is 0 Å². The zero-order chi connectivity index (χ0) is 23.6. The topological polar surface area (TPSA) is 44.2 Å². The molecule has 33 heavy (non-hydrogen) atoms. The molecule has 0 aliphatic carbocycles. The number of rotatable bonds is 3. The van der Waals surface area contributed by atoms with Crippen LogP contribution < -0.4 is 9.47 Å². The van der Waals surface area contributed by atoms with Gasteiger partial charge < -0.3 is 9.47 Å². The van der Waals surface area contributed by atoms with E-state index in [1.807, 2.05) is 24.4 Å². The summed E-state index contributed by atoms with van der Waals surface area (Å²) in [5.41, 5.74) is 0.780. The number of methoxy groups -OCH3 is 2. The van der Waals surface area contributed by atoms with E-state index in [-0.39, 0.29) is 0 Å². The molecule has 0 radical (unpaired) electrons. The fourth-order valence-corrected chi connectivity index (χ4v) is 5.45. The van der Waals surface area contributed by atoms with Gasteiger partial charge in [0.2, 0.25) is 0 Å². The summed E-state index contributed by atoms with van der Waals surface area (Å²) in [6, 6.07) is 12.7. The van der Waals surface area contributed by atoms with Crippen LogP contribution in [-0.2, 0) is 6.18 Å². The maximum absolute atomic E-state index is 12.6. The van der Waals surface area contributed by atoms with E-state index in [4.69, 9.17) is 9.47 Å². The van der Waals surface area contributed by atoms with Crippen LogP contribution in [0.3, 0.4) is 0 Å². The lowest BCUT2D eigenvalue weighted by Gasteiger charge is -2.11. The van der Waals surface area contributed by atoms with Crippen LogP contribution in [0.5, 0.6) is 11.5 Å². The molecule has 10 heteroatoms. The number of nitrogens with zero attached hydrogens (tertiary/aromatic N) is 2. The Kier molecular flexibility index (Phi) is 6.87. The van der Waals surface area contributed by atoms with Crippen molar-refractivity contribution in [2.75, 3.05) is 14.2 Å². The normalized spacial score (nSPS) is 11.3. The van der Waals surface area contributed by atoms with Crippen LogP contribution in [0.1, 0.15) is 5.56 Å². The van der Waals surface area contributed by atoms with Crippen LogP contribution in [0, 0.1) is 0 Å². The molecular weight excluding hydrogens is 537 g/mol. The van der Waals surface area contributed by atoms with Gasteiger partial charge in [0, 0.05) is 28.7 Å². The average molecular weight is 553 g/mol. The van der Waals surface area contributed by atoms with Crippen molar-refractivity contribution >= 4 is 59.2 Å². The first kappa shape index (κ1) is 23.5. The van der Waals surface area contributed by atoms with Crippen molar-refractivity contribution in [3.63, 3.8) is 0 Å². The number of halogens is 4. The fourth-order valence-electron chi connectivity index (χ4n) is 3.23.